The van der Waals surface area contributed by atoms with Crippen LogP contribution in [0.25, 0.3) is 37.6 Å². The van der Waals surface area contributed by atoms with Crippen LogP contribution in [0.15, 0.2) is 84.9 Å². The molecule has 30 heavy (non-hydrogen) atoms. The number of thiophene rings is 1. The van der Waals surface area contributed by atoms with Gasteiger partial charge >= 0.3 is 0 Å². The number of ether oxygens (including phenoxy) is 1. The molecule has 0 saturated heterocycles. The van der Waals surface area contributed by atoms with Crippen molar-refractivity contribution >= 4 is 21.6 Å². The molecule has 3 aromatic carbocycles. The van der Waals surface area contributed by atoms with Gasteiger partial charge in [-0.2, -0.15) is 10.4 Å². The summed E-state index contributed by atoms with van der Waals surface area (Å²) in [6.07, 6.45) is 0. The van der Waals surface area contributed by atoms with E-state index < -0.39 is 0 Å². The van der Waals surface area contributed by atoms with E-state index in [1.807, 2.05) is 77.5 Å². The van der Waals surface area contributed by atoms with Gasteiger partial charge in [-0.3, -0.25) is 0 Å². The molecule has 0 aliphatic rings. The summed E-state index contributed by atoms with van der Waals surface area (Å²) in [5.74, 6) is 0.791. The third-order valence-electron chi connectivity index (χ3n) is 5.02. The number of aromatic nitrogens is 2. The smallest absolute Gasteiger partial charge is 0.118 e. The summed E-state index contributed by atoms with van der Waals surface area (Å²) >= 11 is 1.61. The maximum absolute atomic E-state index is 10.1. The fourth-order valence-electron chi connectivity index (χ4n) is 3.57. The van der Waals surface area contributed by atoms with E-state index in [0.29, 0.717) is 5.56 Å². The van der Waals surface area contributed by atoms with Crippen molar-refractivity contribution in [3.63, 3.8) is 0 Å². The van der Waals surface area contributed by atoms with Gasteiger partial charge in [0.05, 0.1) is 27.9 Å². The molecule has 0 fully saturated rings. The number of hydrogen-bond acceptors (Lipinski definition) is 4. The monoisotopic (exact) mass is 407 g/mol. The quantitative estimate of drug-likeness (QED) is 0.351. The highest BCUT2D eigenvalue weighted by molar-refractivity contribution is 7.23. The highest BCUT2D eigenvalue weighted by Crippen LogP contribution is 2.43. The predicted octanol–water partition coefficient (Wildman–Crippen LogP) is 6.30. The Morgan fingerprint density at radius 2 is 1.53 bits per heavy atom. The Balaban J connectivity index is 1.82. The lowest BCUT2D eigenvalue weighted by Crippen LogP contribution is -1.97. The second-order valence-electron chi connectivity index (χ2n) is 6.79. The van der Waals surface area contributed by atoms with Gasteiger partial charge in [-0.1, -0.05) is 48.5 Å². The zero-order valence-electron chi connectivity index (χ0n) is 16.2. The molecule has 0 aliphatic heterocycles. The number of hydrogen-bond donors (Lipinski definition) is 0. The molecule has 0 bridgehead atoms. The van der Waals surface area contributed by atoms with Crippen LogP contribution in [0.2, 0.25) is 0 Å². The topological polar surface area (TPSA) is 50.8 Å². The lowest BCUT2D eigenvalue weighted by Gasteiger charge is -2.05. The number of nitriles is 1. The summed E-state index contributed by atoms with van der Waals surface area (Å²) in [5, 5.41) is 15.0. The zero-order valence-corrected chi connectivity index (χ0v) is 17.1. The van der Waals surface area contributed by atoms with Gasteiger partial charge in [0.25, 0.3) is 0 Å². The van der Waals surface area contributed by atoms with Gasteiger partial charge in [0.1, 0.15) is 23.0 Å². The highest BCUT2D eigenvalue weighted by atomic mass is 32.1. The van der Waals surface area contributed by atoms with Gasteiger partial charge < -0.3 is 4.74 Å². The van der Waals surface area contributed by atoms with Crippen LogP contribution in [-0.4, -0.2) is 16.9 Å². The molecule has 0 unspecified atom stereocenters. The van der Waals surface area contributed by atoms with E-state index in [2.05, 4.69) is 18.2 Å². The molecule has 2 aromatic heterocycles. The molecule has 5 aromatic rings. The molecular weight excluding hydrogens is 390 g/mol. The maximum Gasteiger partial charge on any atom is 0.118 e. The van der Waals surface area contributed by atoms with E-state index in [0.717, 1.165) is 43.4 Å². The summed E-state index contributed by atoms with van der Waals surface area (Å²) in [4.78, 5) is 0.939. The van der Waals surface area contributed by atoms with E-state index in [4.69, 9.17) is 9.84 Å². The number of fused-ring (bicyclic) bond motifs is 1. The molecule has 0 amide bonds. The molecule has 144 valence electrons. The van der Waals surface area contributed by atoms with Gasteiger partial charge in [0.15, 0.2) is 0 Å². The first kappa shape index (κ1) is 18.2. The Bertz CT molecular complexity index is 1360. The SMILES string of the molecule is COc1ccc(-c2sc3c(-c4ccccc4)nn(-c4ccccc4)c3c2C#N)cc1. The second-order valence-corrected chi connectivity index (χ2v) is 7.81. The first-order valence-corrected chi connectivity index (χ1v) is 10.3. The van der Waals surface area contributed by atoms with Crippen molar-refractivity contribution in [2.45, 2.75) is 0 Å². The summed E-state index contributed by atoms with van der Waals surface area (Å²) in [7, 11) is 1.65. The molecule has 0 saturated carbocycles. The minimum absolute atomic E-state index is 0.638. The van der Waals surface area contributed by atoms with Crippen molar-refractivity contribution in [2.75, 3.05) is 7.11 Å². The van der Waals surface area contributed by atoms with Crippen LogP contribution in [0.1, 0.15) is 5.56 Å². The minimum atomic E-state index is 0.638. The van der Waals surface area contributed by atoms with Crippen LogP contribution in [0.5, 0.6) is 5.75 Å². The van der Waals surface area contributed by atoms with Crippen LogP contribution < -0.4 is 4.74 Å². The summed E-state index contributed by atoms with van der Waals surface area (Å²) in [6.45, 7) is 0. The van der Waals surface area contributed by atoms with E-state index in [9.17, 15) is 5.26 Å². The summed E-state index contributed by atoms with van der Waals surface area (Å²) in [6, 6.07) is 30.3. The number of methoxy groups -OCH3 is 1. The number of para-hydroxylation sites is 1. The van der Waals surface area contributed by atoms with Crippen LogP contribution >= 0.6 is 11.3 Å². The normalized spacial score (nSPS) is 10.8. The predicted molar refractivity (Wildman–Crippen MR) is 121 cm³/mol. The van der Waals surface area contributed by atoms with Crippen molar-refractivity contribution in [3.05, 3.63) is 90.5 Å². The number of rotatable bonds is 4. The third kappa shape index (κ3) is 2.95. The van der Waals surface area contributed by atoms with Crippen molar-refractivity contribution in [1.82, 2.24) is 9.78 Å². The number of benzene rings is 3. The van der Waals surface area contributed by atoms with Crippen LogP contribution in [0, 0.1) is 11.3 Å². The Morgan fingerprint density at radius 1 is 0.867 bits per heavy atom. The second kappa shape index (κ2) is 7.51. The molecule has 0 atom stereocenters. The Labute approximate surface area is 178 Å². The first-order valence-electron chi connectivity index (χ1n) is 9.51. The van der Waals surface area contributed by atoms with Gasteiger partial charge in [0, 0.05) is 5.56 Å². The van der Waals surface area contributed by atoms with Crippen molar-refractivity contribution in [3.8, 4) is 39.2 Å². The average molecular weight is 407 g/mol. The minimum Gasteiger partial charge on any atom is -0.497 e. The molecule has 0 spiro atoms. The fourth-order valence-corrected chi connectivity index (χ4v) is 4.81. The zero-order chi connectivity index (χ0) is 20.5. The molecule has 2 heterocycles. The standard InChI is InChI=1S/C25H17N3OS/c1-29-20-14-12-18(13-15-20)24-21(16-26)23-25(30-24)22(17-8-4-2-5-9-17)27-28(23)19-10-6-3-7-11-19/h2-15H,1H3. The molecule has 5 rings (SSSR count). The maximum atomic E-state index is 10.1. The van der Waals surface area contributed by atoms with Crippen molar-refractivity contribution < 1.29 is 4.74 Å². The van der Waals surface area contributed by atoms with E-state index in [-0.39, 0.29) is 0 Å². The molecule has 4 nitrogen and oxygen atoms in total. The number of nitrogens with zero attached hydrogens (tertiary/aromatic N) is 3. The van der Waals surface area contributed by atoms with Crippen molar-refractivity contribution in [2.24, 2.45) is 0 Å². The van der Waals surface area contributed by atoms with E-state index in [1.54, 1.807) is 18.4 Å². The summed E-state index contributed by atoms with van der Waals surface area (Å²) < 4.78 is 8.18. The van der Waals surface area contributed by atoms with Crippen LogP contribution in [0.4, 0.5) is 0 Å². The van der Waals surface area contributed by atoms with Gasteiger partial charge in [-0.15, -0.1) is 11.3 Å². The lowest BCUT2D eigenvalue weighted by atomic mass is 10.1. The molecule has 0 N–H and O–H groups in total. The Morgan fingerprint density at radius 3 is 2.17 bits per heavy atom. The van der Waals surface area contributed by atoms with E-state index >= 15 is 0 Å². The van der Waals surface area contributed by atoms with Crippen LogP contribution in [-0.2, 0) is 0 Å². The molecule has 0 aliphatic carbocycles. The first-order chi connectivity index (χ1) is 14.8. The van der Waals surface area contributed by atoms with Crippen molar-refractivity contribution in [1.29, 1.82) is 5.26 Å². The molecular formula is C25H17N3OS. The Kier molecular flexibility index (Phi) is 4.55. The molecule has 5 heteroatoms. The largest absolute Gasteiger partial charge is 0.497 e. The van der Waals surface area contributed by atoms with Gasteiger partial charge in [0.2, 0.25) is 0 Å². The summed E-state index contributed by atoms with van der Waals surface area (Å²) in [5.41, 5.74) is 5.32. The van der Waals surface area contributed by atoms with E-state index in [1.165, 1.54) is 0 Å². The fraction of sp³-hybridized carbons (Fsp3) is 0.0400. The Hall–Kier alpha value is -3.88. The third-order valence-corrected chi connectivity index (χ3v) is 6.26. The molecule has 0 radical (unpaired) electrons. The lowest BCUT2D eigenvalue weighted by molar-refractivity contribution is 0.415. The van der Waals surface area contributed by atoms with Crippen LogP contribution in [0.3, 0.4) is 0 Å². The highest BCUT2D eigenvalue weighted by Gasteiger charge is 2.23. The van der Waals surface area contributed by atoms with Gasteiger partial charge in [-0.25, -0.2) is 4.68 Å². The van der Waals surface area contributed by atoms with Gasteiger partial charge in [-0.05, 0) is 42.0 Å². The average Bonchev–Trinajstić information content (AvgIpc) is 3.37.